The highest BCUT2D eigenvalue weighted by Gasteiger charge is 2.17. The fraction of sp³-hybridized carbons (Fsp3) is 0.875. The van der Waals surface area contributed by atoms with Gasteiger partial charge in [-0.05, 0) is 20.8 Å². The summed E-state index contributed by atoms with van der Waals surface area (Å²) < 4.78 is 30.3. The third-order valence-corrected chi connectivity index (χ3v) is 3.14. The molecule has 0 aromatic rings. The molecule has 1 unspecified atom stereocenters. The van der Waals surface area contributed by atoms with Crippen molar-refractivity contribution in [1.82, 2.24) is 4.72 Å². The minimum absolute atomic E-state index is 0.0169. The van der Waals surface area contributed by atoms with E-state index in [1.54, 1.807) is 0 Å². The van der Waals surface area contributed by atoms with E-state index in [0.29, 0.717) is 0 Å². The van der Waals surface area contributed by atoms with Crippen LogP contribution in [0.4, 0.5) is 0 Å². The Morgan fingerprint density at radius 2 is 2.06 bits per heavy atom. The van der Waals surface area contributed by atoms with Crippen LogP contribution in [0.1, 0.15) is 20.8 Å². The standard InChI is InChI=1S/C8H19N3O4S/c1-6(2)15-4-5-16(13,14)11-7(3)8(9)10-12/h6-7,11-12H,4-5H2,1-3H3,(H2,9,10). The van der Waals surface area contributed by atoms with Crippen molar-refractivity contribution in [3.8, 4) is 0 Å². The van der Waals surface area contributed by atoms with Crippen LogP contribution in [0.25, 0.3) is 0 Å². The molecule has 0 aliphatic heterocycles. The average Bonchev–Trinajstić information content (AvgIpc) is 2.14. The van der Waals surface area contributed by atoms with E-state index in [2.05, 4.69) is 9.88 Å². The smallest absolute Gasteiger partial charge is 0.214 e. The molecule has 16 heavy (non-hydrogen) atoms. The summed E-state index contributed by atoms with van der Waals surface area (Å²) in [7, 11) is -3.48. The molecule has 7 nitrogen and oxygen atoms in total. The van der Waals surface area contributed by atoms with Crippen LogP contribution in [0.3, 0.4) is 0 Å². The van der Waals surface area contributed by atoms with Crippen LogP contribution in [0.15, 0.2) is 5.16 Å². The zero-order chi connectivity index (χ0) is 12.8. The van der Waals surface area contributed by atoms with Gasteiger partial charge in [0.15, 0.2) is 5.84 Å². The maximum atomic E-state index is 11.5. The molecule has 0 aliphatic carbocycles. The number of nitrogens with zero attached hydrogens (tertiary/aromatic N) is 1. The number of oxime groups is 1. The molecule has 0 aromatic heterocycles. The summed E-state index contributed by atoms with van der Waals surface area (Å²) >= 11 is 0. The lowest BCUT2D eigenvalue weighted by atomic mass is 10.3. The normalized spacial score (nSPS) is 15.4. The van der Waals surface area contributed by atoms with E-state index in [0.717, 1.165) is 0 Å². The summed E-state index contributed by atoms with van der Waals surface area (Å²) in [6, 6.07) is -0.742. The molecule has 0 bridgehead atoms. The molecule has 0 radical (unpaired) electrons. The third kappa shape index (κ3) is 6.59. The first-order chi connectivity index (χ1) is 7.28. The molecular formula is C8H19N3O4S. The van der Waals surface area contributed by atoms with E-state index in [1.165, 1.54) is 6.92 Å². The first kappa shape index (κ1) is 15.1. The molecule has 0 heterocycles. The van der Waals surface area contributed by atoms with E-state index in [-0.39, 0.29) is 24.3 Å². The molecule has 0 rings (SSSR count). The van der Waals surface area contributed by atoms with Gasteiger partial charge in [-0.25, -0.2) is 13.1 Å². The number of ether oxygens (including phenoxy) is 1. The highest BCUT2D eigenvalue weighted by atomic mass is 32.2. The molecule has 0 saturated carbocycles. The van der Waals surface area contributed by atoms with Gasteiger partial charge < -0.3 is 15.7 Å². The van der Waals surface area contributed by atoms with Crippen molar-refractivity contribution in [2.75, 3.05) is 12.4 Å². The van der Waals surface area contributed by atoms with E-state index in [1.807, 2.05) is 13.8 Å². The molecule has 0 aliphatic rings. The molecule has 0 saturated heterocycles. The quantitative estimate of drug-likeness (QED) is 0.244. The second-order valence-corrected chi connectivity index (χ2v) is 5.48. The van der Waals surface area contributed by atoms with Crippen molar-refractivity contribution >= 4 is 15.9 Å². The summed E-state index contributed by atoms with van der Waals surface area (Å²) in [5.74, 6) is -0.345. The second kappa shape index (κ2) is 6.66. The van der Waals surface area contributed by atoms with Gasteiger partial charge in [-0.15, -0.1) is 0 Å². The minimum Gasteiger partial charge on any atom is -0.409 e. The third-order valence-electron chi connectivity index (χ3n) is 1.72. The SMILES string of the molecule is CC(C)OCCS(=O)(=O)NC(C)C(N)=NO. The Morgan fingerprint density at radius 3 is 2.50 bits per heavy atom. The molecule has 0 aromatic carbocycles. The zero-order valence-electron chi connectivity index (χ0n) is 9.67. The lowest BCUT2D eigenvalue weighted by Crippen LogP contribution is -2.43. The van der Waals surface area contributed by atoms with Crippen LogP contribution in [0, 0.1) is 0 Å². The van der Waals surface area contributed by atoms with E-state index < -0.39 is 16.1 Å². The van der Waals surface area contributed by atoms with Gasteiger partial charge in [-0.3, -0.25) is 0 Å². The number of sulfonamides is 1. The molecule has 8 heteroatoms. The van der Waals surface area contributed by atoms with Crippen molar-refractivity contribution in [2.24, 2.45) is 10.9 Å². The average molecular weight is 253 g/mol. The Morgan fingerprint density at radius 1 is 1.50 bits per heavy atom. The summed E-state index contributed by atoms with van der Waals surface area (Å²) in [5.41, 5.74) is 5.24. The van der Waals surface area contributed by atoms with Crippen molar-refractivity contribution in [2.45, 2.75) is 32.9 Å². The van der Waals surface area contributed by atoms with E-state index in [9.17, 15) is 8.42 Å². The molecule has 0 fully saturated rings. The molecule has 1 atom stereocenters. The van der Waals surface area contributed by atoms with Crippen LogP contribution < -0.4 is 10.5 Å². The number of rotatable bonds is 7. The second-order valence-electron chi connectivity index (χ2n) is 3.60. The number of hydrogen-bond acceptors (Lipinski definition) is 5. The Bertz CT molecular complexity index is 326. The van der Waals surface area contributed by atoms with Crippen LogP contribution in [-0.2, 0) is 14.8 Å². The Kier molecular flexibility index (Phi) is 6.31. The zero-order valence-corrected chi connectivity index (χ0v) is 10.5. The lowest BCUT2D eigenvalue weighted by molar-refractivity contribution is 0.0911. The van der Waals surface area contributed by atoms with Gasteiger partial charge in [0.1, 0.15) is 0 Å². The Labute approximate surface area is 95.7 Å². The van der Waals surface area contributed by atoms with Gasteiger partial charge in [0, 0.05) is 0 Å². The monoisotopic (exact) mass is 253 g/mol. The minimum atomic E-state index is -3.48. The Hall–Kier alpha value is -0.860. The largest absolute Gasteiger partial charge is 0.409 e. The highest BCUT2D eigenvalue weighted by molar-refractivity contribution is 7.89. The first-order valence-electron chi connectivity index (χ1n) is 4.87. The maximum absolute atomic E-state index is 11.5. The summed E-state index contributed by atoms with van der Waals surface area (Å²) in [4.78, 5) is 0. The van der Waals surface area contributed by atoms with Gasteiger partial charge in [-0.2, -0.15) is 0 Å². The predicted octanol–water partition coefficient (Wildman–Crippen LogP) is -0.534. The number of amidine groups is 1. The van der Waals surface area contributed by atoms with Gasteiger partial charge in [-0.1, -0.05) is 5.16 Å². The van der Waals surface area contributed by atoms with Crippen LogP contribution in [0.2, 0.25) is 0 Å². The van der Waals surface area contributed by atoms with Gasteiger partial charge in [0.25, 0.3) is 0 Å². The summed E-state index contributed by atoms with van der Waals surface area (Å²) in [6.07, 6.45) is -0.0169. The fourth-order valence-electron chi connectivity index (χ4n) is 0.869. The molecule has 0 spiro atoms. The molecule has 4 N–H and O–H groups in total. The maximum Gasteiger partial charge on any atom is 0.214 e. The lowest BCUT2D eigenvalue weighted by Gasteiger charge is -2.13. The molecule has 96 valence electrons. The van der Waals surface area contributed by atoms with Crippen molar-refractivity contribution < 1.29 is 18.4 Å². The number of hydrogen-bond donors (Lipinski definition) is 3. The van der Waals surface area contributed by atoms with Crippen LogP contribution in [-0.4, -0.2) is 44.0 Å². The van der Waals surface area contributed by atoms with Gasteiger partial charge in [0.05, 0.1) is 24.5 Å². The predicted molar refractivity (Wildman–Crippen MR) is 60.9 cm³/mol. The van der Waals surface area contributed by atoms with Crippen molar-refractivity contribution in [3.05, 3.63) is 0 Å². The number of nitrogens with one attached hydrogen (secondary N) is 1. The topological polar surface area (TPSA) is 114 Å². The van der Waals surface area contributed by atoms with Crippen molar-refractivity contribution in [1.29, 1.82) is 0 Å². The van der Waals surface area contributed by atoms with Gasteiger partial charge in [0.2, 0.25) is 10.0 Å². The summed E-state index contributed by atoms with van der Waals surface area (Å²) in [5, 5.41) is 11.1. The number of nitrogens with two attached hydrogens (primary N) is 1. The van der Waals surface area contributed by atoms with Crippen molar-refractivity contribution in [3.63, 3.8) is 0 Å². The Balaban J connectivity index is 4.15. The summed E-state index contributed by atoms with van der Waals surface area (Å²) in [6.45, 7) is 5.23. The van der Waals surface area contributed by atoms with Gasteiger partial charge >= 0.3 is 0 Å². The van der Waals surface area contributed by atoms with Crippen LogP contribution in [0.5, 0.6) is 0 Å². The molecule has 0 amide bonds. The van der Waals surface area contributed by atoms with Crippen LogP contribution >= 0.6 is 0 Å². The van der Waals surface area contributed by atoms with E-state index >= 15 is 0 Å². The first-order valence-corrected chi connectivity index (χ1v) is 6.52. The molecular weight excluding hydrogens is 234 g/mol. The van der Waals surface area contributed by atoms with E-state index in [4.69, 9.17) is 15.7 Å². The highest BCUT2D eigenvalue weighted by Crippen LogP contribution is 1.93. The fourth-order valence-corrected chi connectivity index (χ4v) is 1.96.